The van der Waals surface area contributed by atoms with Crippen LogP contribution in [0, 0.1) is 13.8 Å². The number of fused-ring (bicyclic) bond motifs is 1. The quantitative estimate of drug-likeness (QED) is 0.479. The third-order valence-electron chi connectivity index (χ3n) is 4.28. The number of aryl methyl sites for hydroxylation is 1. The smallest absolute Gasteiger partial charge is 0.339 e. The van der Waals surface area contributed by atoms with Gasteiger partial charge in [0.15, 0.2) is 0 Å². The SMILES string of the molecule is Cc1c(C)c2cc(Br)c(OCc3ccc(C(C)(C)C)s3)cc2oc1=O. The summed E-state index contributed by atoms with van der Waals surface area (Å²) in [6.07, 6.45) is 0. The fourth-order valence-corrected chi connectivity index (χ4v) is 4.00. The highest BCUT2D eigenvalue weighted by Crippen LogP contribution is 2.34. The molecule has 0 amide bonds. The molecule has 0 fully saturated rings. The predicted octanol–water partition coefficient (Wildman–Crippen LogP) is 6.11. The van der Waals surface area contributed by atoms with E-state index in [1.54, 1.807) is 24.3 Å². The fraction of sp³-hybridized carbons (Fsp3) is 0.350. The van der Waals surface area contributed by atoms with Gasteiger partial charge in [0.1, 0.15) is 17.9 Å². The summed E-state index contributed by atoms with van der Waals surface area (Å²) in [5.74, 6) is 0.671. The molecule has 0 N–H and O–H groups in total. The second-order valence-electron chi connectivity index (χ2n) is 7.22. The van der Waals surface area contributed by atoms with E-state index in [2.05, 4.69) is 48.8 Å². The van der Waals surface area contributed by atoms with E-state index in [0.29, 0.717) is 23.5 Å². The van der Waals surface area contributed by atoms with Crippen molar-refractivity contribution in [2.45, 2.75) is 46.6 Å². The highest BCUT2D eigenvalue weighted by Gasteiger charge is 2.17. The molecule has 0 radical (unpaired) electrons. The second kappa shape index (κ2) is 6.61. The maximum absolute atomic E-state index is 11.9. The molecule has 3 aromatic rings. The van der Waals surface area contributed by atoms with Crippen molar-refractivity contribution < 1.29 is 9.15 Å². The summed E-state index contributed by atoms with van der Waals surface area (Å²) in [5, 5.41) is 0.919. The van der Waals surface area contributed by atoms with E-state index in [4.69, 9.17) is 9.15 Å². The lowest BCUT2D eigenvalue weighted by Gasteiger charge is -2.15. The average molecular weight is 421 g/mol. The Morgan fingerprint density at radius 3 is 2.52 bits per heavy atom. The van der Waals surface area contributed by atoms with Crippen molar-refractivity contribution in [1.29, 1.82) is 0 Å². The number of rotatable bonds is 3. The van der Waals surface area contributed by atoms with Crippen LogP contribution in [0.2, 0.25) is 0 Å². The molecule has 0 aliphatic rings. The highest BCUT2D eigenvalue weighted by atomic mass is 79.9. The van der Waals surface area contributed by atoms with E-state index >= 15 is 0 Å². The van der Waals surface area contributed by atoms with Gasteiger partial charge in [0.2, 0.25) is 0 Å². The number of halogens is 1. The Kier molecular flexibility index (Phi) is 4.82. The maximum atomic E-state index is 11.9. The van der Waals surface area contributed by atoms with Gasteiger partial charge in [-0.25, -0.2) is 4.79 Å². The van der Waals surface area contributed by atoms with Crippen LogP contribution < -0.4 is 10.4 Å². The Labute approximate surface area is 159 Å². The summed E-state index contributed by atoms with van der Waals surface area (Å²) in [6.45, 7) is 10.8. The highest BCUT2D eigenvalue weighted by molar-refractivity contribution is 9.10. The maximum Gasteiger partial charge on any atom is 0.339 e. The van der Waals surface area contributed by atoms with Crippen LogP contribution in [0.4, 0.5) is 0 Å². The molecule has 0 bridgehead atoms. The zero-order valence-electron chi connectivity index (χ0n) is 15.0. The fourth-order valence-electron chi connectivity index (χ4n) is 2.56. The lowest BCUT2D eigenvalue weighted by Crippen LogP contribution is -2.07. The Bertz CT molecular complexity index is 993. The molecule has 5 heteroatoms. The molecule has 0 atom stereocenters. The molecule has 25 heavy (non-hydrogen) atoms. The van der Waals surface area contributed by atoms with E-state index in [0.717, 1.165) is 15.4 Å². The van der Waals surface area contributed by atoms with E-state index in [9.17, 15) is 4.79 Å². The summed E-state index contributed by atoms with van der Waals surface area (Å²) < 4.78 is 12.2. The van der Waals surface area contributed by atoms with Crippen LogP contribution in [-0.4, -0.2) is 0 Å². The van der Waals surface area contributed by atoms with E-state index < -0.39 is 0 Å². The largest absolute Gasteiger partial charge is 0.487 e. The van der Waals surface area contributed by atoms with Crippen LogP contribution in [0.25, 0.3) is 11.0 Å². The summed E-state index contributed by atoms with van der Waals surface area (Å²) in [4.78, 5) is 14.4. The zero-order valence-corrected chi connectivity index (χ0v) is 17.4. The standard InChI is InChI=1S/C20H21BrO3S/c1-11-12(2)19(22)24-16-9-17(15(21)8-14(11)16)23-10-13-6-7-18(25-13)20(3,4)5/h6-9H,10H2,1-5H3. The van der Waals surface area contributed by atoms with E-state index in [-0.39, 0.29) is 11.0 Å². The van der Waals surface area contributed by atoms with Gasteiger partial charge in [-0.05, 0) is 59.0 Å². The summed E-state index contributed by atoms with van der Waals surface area (Å²) in [5.41, 5.74) is 1.97. The first-order chi connectivity index (χ1) is 11.7. The number of ether oxygens (including phenoxy) is 1. The van der Waals surface area contributed by atoms with Crippen molar-refractivity contribution in [3.05, 3.63) is 60.0 Å². The normalized spacial score (nSPS) is 11.9. The summed E-state index contributed by atoms with van der Waals surface area (Å²) in [7, 11) is 0. The van der Waals surface area contributed by atoms with Gasteiger partial charge in [-0.1, -0.05) is 20.8 Å². The minimum absolute atomic E-state index is 0.144. The first-order valence-corrected chi connectivity index (χ1v) is 9.73. The van der Waals surface area contributed by atoms with Gasteiger partial charge in [-0.15, -0.1) is 11.3 Å². The predicted molar refractivity (Wildman–Crippen MR) is 107 cm³/mol. The van der Waals surface area contributed by atoms with Crippen LogP contribution in [0.1, 0.15) is 41.7 Å². The molecule has 1 aromatic carbocycles. The first kappa shape index (κ1) is 18.2. The van der Waals surface area contributed by atoms with Gasteiger partial charge in [-0.3, -0.25) is 0 Å². The molecule has 2 aromatic heterocycles. The lowest BCUT2D eigenvalue weighted by molar-refractivity contribution is 0.307. The molecule has 0 unspecified atom stereocenters. The Morgan fingerprint density at radius 1 is 1.16 bits per heavy atom. The van der Waals surface area contributed by atoms with Gasteiger partial charge in [0, 0.05) is 26.8 Å². The van der Waals surface area contributed by atoms with Crippen molar-refractivity contribution in [2.24, 2.45) is 0 Å². The molecular formula is C20H21BrO3S. The average Bonchev–Trinajstić information content (AvgIpc) is 3.01. The van der Waals surface area contributed by atoms with E-state index in [1.165, 1.54) is 9.75 Å². The van der Waals surface area contributed by atoms with Crippen LogP contribution in [-0.2, 0) is 12.0 Å². The third-order valence-corrected chi connectivity index (χ3v) is 6.38. The number of hydrogen-bond donors (Lipinski definition) is 0. The topological polar surface area (TPSA) is 39.4 Å². The monoisotopic (exact) mass is 420 g/mol. The molecule has 2 heterocycles. The Balaban J connectivity index is 1.89. The first-order valence-electron chi connectivity index (χ1n) is 8.12. The van der Waals surface area contributed by atoms with Crippen LogP contribution in [0.15, 0.2) is 37.9 Å². The molecule has 0 saturated carbocycles. The van der Waals surface area contributed by atoms with Crippen LogP contribution in [0.3, 0.4) is 0 Å². The number of hydrogen-bond acceptors (Lipinski definition) is 4. The van der Waals surface area contributed by atoms with Crippen LogP contribution in [0.5, 0.6) is 5.75 Å². The van der Waals surface area contributed by atoms with Crippen molar-refractivity contribution in [2.75, 3.05) is 0 Å². The van der Waals surface area contributed by atoms with E-state index in [1.807, 2.05) is 13.0 Å². The second-order valence-corrected chi connectivity index (χ2v) is 9.25. The molecule has 0 aliphatic carbocycles. The molecule has 3 rings (SSSR count). The molecule has 0 spiro atoms. The lowest BCUT2D eigenvalue weighted by atomic mass is 9.95. The molecule has 132 valence electrons. The van der Waals surface area contributed by atoms with Gasteiger partial charge >= 0.3 is 5.63 Å². The molecule has 0 aliphatic heterocycles. The van der Waals surface area contributed by atoms with Gasteiger partial charge in [0.05, 0.1) is 4.47 Å². The van der Waals surface area contributed by atoms with Crippen LogP contribution >= 0.6 is 27.3 Å². The van der Waals surface area contributed by atoms with Gasteiger partial charge in [-0.2, -0.15) is 0 Å². The molecular weight excluding hydrogens is 400 g/mol. The summed E-state index contributed by atoms with van der Waals surface area (Å²) >= 11 is 5.33. The Hall–Kier alpha value is -1.59. The van der Waals surface area contributed by atoms with Crippen molar-refractivity contribution in [3.63, 3.8) is 0 Å². The number of thiophene rings is 1. The van der Waals surface area contributed by atoms with Gasteiger partial charge < -0.3 is 9.15 Å². The molecule has 3 nitrogen and oxygen atoms in total. The van der Waals surface area contributed by atoms with Gasteiger partial charge in [0.25, 0.3) is 0 Å². The van der Waals surface area contributed by atoms with Crippen molar-refractivity contribution in [3.8, 4) is 5.75 Å². The zero-order chi connectivity index (χ0) is 18.4. The number of benzene rings is 1. The summed E-state index contributed by atoms with van der Waals surface area (Å²) in [6, 6.07) is 7.99. The third kappa shape index (κ3) is 3.67. The Morgan fingerprint density at radius 2 is 1.88 bits per heavy atom. The minimum Gasteiger partial charge on any atom is -0.487 e. The molecule has 0 saturated heterocycles. The van der Waals surface area contributed by atoms with Crippen molar-refractivity contribution in [1.82, 2.24) is 0 Å². The minimum atomic E-state index is -0.300. The van der Waals surface area contributed by atoms with Crippen molar-refractivity contribution >= 4 is 38.2 Å².